The summed E-state index contributed by atoms with van der Waals surface area (Å²) in [5.41, 5.74) is 0. The fourth-order valence-corrected chi connectivity index (χ4v) is 1.75. The maximum absolute atomic E-state index is 11.6. The number of para-hydroxylation sites is 1. The maximum Gasteiger partial charge on any atom is 0.325 e. The first kappa shape index (κ1) is 16.4. The quantitative estimate of drug-likeness (QED) is 0.820. The summed E-state index contributed by atoms with van der Waals surface area (Å²) in [5.74, 6) is 0.119. The molecule has 0 aromatic heterocycles. The molecular weight excluding hydrogens is 298 g/mol. The molecule has 0 saturated carbocycles. The van der Waals surface area contributed by atoms with Crippen LogP contribution in [0, 0.1) is 0 Å². The maximum atomic E-state index is 11.6. The highest BCUT2D eigenvalue weighted by atomic mass is 16.5. The molecule has 2 aromatic rings. The van der Waals surface area contributed by atoms with E-state index in [1.54, 1.807) is 24.3 Å². The highest BCUT2D eigenvalue weighted by Gasteiger charge is 2.14. The molecular formula is C17H17NO5. The minimum atomic E-state index is -1.10. The highest BCUT2D eigenvalue weighted by Crippen LogP contribution is 2.24. The second kappa shape index (κ2) is 7.84. The molecule has 0 aliphatic rings. The van der Waals surface area contributed by atoms with Crippen molar-refractivity contribution in [2.24, 2.45) is 0 Å². The van der Waals surface area contributed by atoms with Gasteiger partial charge in [-0.15, -0.1) is 0 Å². The third-order valence-electron chi connectivity index (χ3n) is 2.90. The van der Waals surface area contributed by atoms with Crippen LogP contribution in [-0.4, -0.2) is 29.6 Å². The van der Waals surface area contributed by atoms with Crippen molar-refractivity contribution in [2.75, 3.05) is 6.61 Å². The molecule has 0 aliphatic carbocycles. The topological polar surface area (TPSA) is 84.9 Å². The van der Waals surface area contributed by atoms with E-state index in [2.05, 4.69) is 5.32 Å². The van der Waals surface area contributed by atoms with Gasteiger partial charge in [0, 0.05) is 6.07 Å². The first-order valence-electron chi connectivity index (χ1n) is 7.02. The Morgan fingerprint density at radius 2 is 1.70 bits per heavy atom. The van der Waals surface area contributed by atoms with Crippen molar-refractivity contribution in [1.29, 1.82) is 0 Å². The largest absolute Gasteiger partial charge is 0.484 e. The van der Waals surface area contributed by atoms with Gasteiger partial charge in [0.1, 0.15) is 23.3 Å². The Balaban J connectivity index is 1.90. The molecule has 0 unspecified atom stereocenters. The van der Waals surface area contributed by atoms with E-state index in [4.69, 9.17) is 14.6 Å². The van der Waals surface area contributed by atoms with E-state index in [0.29, 0.717) is 17.2 Å². The Morgan fingerprint density at radius 1 is 1.04 bits per heavy atom. The van der Waals surface area contributed by atoms with Crippen molar-refractivity contribution in [3.05, 3.63) is 54.6 Å². The zero-order valence-corrected chi connectivity index (χ0v) is 12.6. The Bertz CT molecular complexity index is 672. The van der Waals surface area contributed by atoms with Gasteiger partial charge >= 0.3 is 5.97 Å². The number of carboxylic acids is 1. The van der Waals surface area contributed by atoms with Crippen molar-refractivity contribution < 1.29 is 24.2 Å². The van der Waals surface area contributed by atoms with Crippen molar-refractivity contribution in [3.8, 4) is 17.2 Å². The van der Waals surface area contributed by atoms with Crippen LogP contribution < -0.4 is 14.8 Å². The van der Waals surface area contributed by atoms with Gasteiger partial charge < -0.3 is 19.9 Å². The molecule has 0 saturated heterocycles. The Kier molecular flexibility index (Phi) is 5.57. The van der Waals surface area contributed by atoms with Crippen LogP contribution in [0.4, 0.5) is 0 Å². The lowest BCUT2D eigenvalue weighted by Gasteiger charge is -2.11. The van der Waals surface area contributed by atoms with Crippen LogP contribution >= 0.6 is 0 Å². The number of carboxylic acid groups (broad SMARTS) is 1. The summed E-state index contributed by atoms with van der Waals surface area (Å²) >= 11 is 0. The van der Waals surface area contributed by atoms with E-state index in [1.165, 1.54) is 6.92 Å². The summed E-state index contributed by atoms with van der Waals surface area (Å²) in [5, 5.41) is 11.0. The standard InChI is InChI=1S/C17H17NO5/c1-12(17(20)21)18-16(19)11-22-14-8-5-9-15(10-14)23-13-6-3-2-4-7-13/h2-10,12H,11H2,1H3,(H,18,19)(H,20,21)/t12-/m0/s1. The number of benzene rings is 2. The van der Waals surface area contributed by atoms with E-state index in [1.807, 2.05) is 30.3 Å². The second-order valence-electron chi connectivity index (χ2n) is 4.81. The number of amides is 1. The van der Waals surface area contributed by atoms with Crippen LogP contribution in [0.5, 0.6) is 17.2 Å². The monoisotopic (exact) mass is 315 g/mol. The van der Waals surface area contributed by atoms with Crippen LogP contribution in [0.15, 0.2) is 54.6 Å². The summed E-state index contributed by atoms with van der Waals surface area (Å²) in [6.07, 6.45) is 0. The lowest BCUT2D eigenvalue weighted by atomic mass is 10.3. The number of ether oxygens (including phenoxy) is 2. The molecule has 0 spiro atoms. The SMILES string of the molecule is C[C@H](NC(=O)COc1cccc(Oc2ccccc2)c1)C(=O)O. The fraction of sp³-hybridized carbons (Fsp3) is 0.176. The Hall–Kier alpha value is -3.02. The normalized spacial score (nSPS) is 11.3. The van der Waals surface area contributed by atoms with Gasteiger partial charge in [-0.2, -0.15) is 0 Å². The number of carbonyl (C=O) groups is 2. The van der Waals surface area contributed by atoms with Gasteiger partial charge in [-0.1, -0.05) is 24.3 Å². The van der Waals surface area contributed by atoms with Gasteiger partial charge in [0.25, 0.3) is 5.91 Å². The van der Waals surface area contributed by atoms with Crippen LogP contribution in [0.1, 0.15) is 6.92 Å². The number of hydrogen-bond acceptors (Lipinski definition) is 4. The average Bonchev–Trinajstić information content (AvgIpc) is 2.54. The molecule has 2 rings (SSSR count). The molecule has 6 heteroatoms. The van der Waals surface area contributed by atoms with Crippen molar-refractivity contribution in [3.63, 3.8) is 0 Å². The zero-order valence-electron chi connectivity index (χ0n) is 12.6. The molecule has 2 N–H and O–H groups in total. The summed E-state index contributed by atoms with van der Waals surface area (Å²) in [4.78, 5) is 22.2. The van der Waals surface area contributed by atoms with Gasteiger partial charge in [-0.05, 0) is 31.2 Å². The molecule has 23 heavy (non-hydrogen) atoms. The fourth-order valence-electron chi connectivity index (χ4n) is 1.75. The number of aliphatic carboxylic acids is 1. The van der Waals surface area contributed by atoms with Gasteiger partial charge in [0.05, 0.1) is 0 Å². The van der Waals surface area contributed by atoms with Crippen LogP contribution in [0.25, 0.3) is 0 Å². The van der Waals surface area contributed by atoms with E-state index in [-0.39, 0.29) is 6.61 Å². The van der Waals surface area contributed by atoms with E-state index < -0.39 is 17.9 Å². The molecule has 1 amide bonds. The predicted molar refractivity (Wildman–Crippen MR) is 83.7 cm³/mol. The third kappa shape index (κ3) is 5.35. The Morgan fingerprint density at radius 3 is 2.39 bits per heavy atom. The predicted octanol–water partition coefficient (Wildman–Crippen LogP) is 2.45. The molecule has 0 heterocycles. The van der Waals surface area contributed by atoms with Gasteiger partial charge in [-0.3, -0.25) is 9.59 Å². The van der Waals surface area contributed by atoms with Crippen molar-refractivity contribution >= 4 is 11.9 Å². The average molecular weight is 315 g/mol. The highest BCUT2D eigenvalue weighted by molar-refractivity contribution is 5.84. The first-order valence-corrected chi connectivity index (χ1v) is 7.02. The van der Waals surface area contributed by atoms with Crippen LogP contribution in [0.3, 0.4) is 0 Å². The Labute approximate surface area is 133 Å². The van der Waals surface area contributed by atoms with Gasteiger partial charge in [0.2, 0.25) is 0 Å². The minimum Gasteiger partial charge on any atom is -0.484 e. The number of hydrogen-bond donors (Lipinski definition) is 2. The zero-order chi connectivity index (χ0) is 16.7. The smallest absolute Gasteiger partial charge is 0.325 e. The second-order valence-corrected chi connectivity index (χ2v) is 4.81. The van der Waals surface area contributed by atoms with E-state index in [9.17, 15) is 9.59 Å². The van der Waals surface area contributed by atoms with Crippen LogP contribution in [-0.2, 0) is 9.59 Å². The molecule has 2 aromatic carbocycles. The third-order valence-corrected chi connectivity index (χ3v) is 2.90. The van der Waals surface area contributed by atoms with E-state index >= 15 is 0 Å². The van der Waals surface area contributed by atoms with E-state index in [0.717, 1.165) is 0 Å². The summed E-state index contributed by atoms with van der Waals surface area (Å²) in [7, 11) is 0. The molecule has 0 aliphatic heterocycles. The summed E-state index contributed by atoms with van der Waals surface area (Å²) in [6.45, 7) is 1.11. The molecule has 0 radical (unpaired) electrons. The first-order chi connectivity index (χ1) is 11.0. The van der Waals surface area contributed by atoms with Crippen molar-refractivity contribution in [2.45, 2.75) is 13.0 Å². The van der Waals surface area contributed by atoms with Crippen molar-refractivity contribution in [1.82, 2.24) is 5.32 Å². The number of carbonyl (C=O) groups excluding carboxylic acids is 1. The summed E-state index contributed by atoms with van der Waals surface area (Å²) < 4.78 is 11.0. The molecule has 120 valence electrons. The molecule has 0 fully saturated rings. The van der Waals surface area contributed by atoms with Gasteiger partial charge in [0.15, 0.2) is 6.61 Å². The number of rotatable bonds is 7. The van der Waals surface area contributed by atoms with Crippen LogP contribution in [0.2, 0.25) is 0 Å². The summed E-state index contributed by atoms with van der Waals surface area (Å²) in [6, 6.07) is 15.2. The van der Waals surface area contributed by atoms with Gasteiger partial charge in [-0.25, -0.2) is 0 Å². The minimum absolute atomic E-state index is 0.271. The number of nitrogens with one attached hydrogen (secondary N) is 1. The lowest BCUT2D eigenvalue weighted by Crippen LogP contribution is -2.40. The molecule has 6 nitrogen and oxygen atoms in total. The lowest BCUT2D eigenvalue weighted by molar-refractivity contribution is -0.141. The molecule has 1 atom stereocenters. The molecule has 0 bridgehead atoms.